The molecule has 0 aliphatic carbocycles. The first kappa shape index (κ1) is 17.3. The van der Waals surface area contributed by atoms with Gasteiger partial charge in [0.25, 0.3) is 5.56 Å². The van der Waals surface area contributed by atoms with Gasteiger partial charge in [-0.1, -0.05) is 72.0 Å². The Bertz CT molecular complexity index is 1390. The Hall–Kier alpha value is -3.77. The summed E-state index contributed by atoms with van der Waals surface area (Å²) in [5, 5.41) is 4.45. The normalized spacial score (nSPS) is 11.8. The van der Waals surface area contributed by atoms with Crippen molar-refractivity contribution in [2.24, 2.45) is 0 Å². The van der Waals surface area contributed by atoms with Gasteiger partial charge in [-0.05, 0) is 35.9 Å². The first-order valence-electron chi connectivity index (χ1n) is 9.06. The van der Waals surface area contributed by atoms with Gasteiger partial charge < -0.3 is 4.74 Å². The lowest BCUT2D eigenvalue weighted by Gasteiger charge is -2.08. The van der Waals surface area contributed by atoms with Gasteiger partial charge in [-0.2, -0.15) is 9.50 Å². The SMILES string of the molecule is O=c1/c(=C/c2ccccc2)sc2nc(-c3ccccc3Oc3ccccc3)nn12. The number of para-hydroxylation sites is 2. The summed E-state index contributed by atoms with van der Waals surface area (Å²) in [7, 11) is 0. The summed E-state index contributed by atoms with van der Waals surface area (Å²) in [4.78, 5) is 17.9. The molecule has 29 heavy (non-hydrogen) atoms. The zero-order valence-corrected chi connectivity index (χ0v) is 16.0. The predicted molar refractivity (Wildman–Crippen MR) is 114 cm³/mol. The van der Waals surface area contributed by atoms with E-state index in [1.54, 1.807) is 0 Å². The number of hydrogen-bond donors (Lipinski definition) is 0. The van der Waals surface area contributed by atoms with Crippen LogP contribution in [0, 0.1) is 0 Å². The van der Waals surface area contributed by atoms with Crippen molar-refractivity contribution in [3.63, 3.8) is 0 Å². The summed E-state index contributed by atoms with van der Waals surface area (Å²) in [5.74, 6) is 1.83. The number of rotatable bonds is 4. The average molecular weight is 397 g/mol. The lowest BCUT2D eigenvalue weighted by molar-refractivity contribution is 0.484. The summed E-state index contributed by atoms with van der Waals surface area (Å²) < 4.78 is 7.96. The Kier molecular flexibility index (Phi) is 4.38. The first-order valence-corrected chi connectivity index (χ1v) is 9.88. The Morgan fingerprint density at radius 1 is 0.862 bits per heavy atom. The van der Waals surface area contributed by atoms with Crippen LogP contribution < -0.4 is 14.8 Å². The highest BCUT2D eigenvalue weighted by Gasteiger charge is 2.15. The number of benzene rings is 3. The molecule has 0 unspecified atom stereocenters. The maximum atomic E-state index is 12.8. The largest absolute Gasteiger partial charge is 0.457 e. The van der Waals surface area contributed by atoms with Crippen LogP contribution >= 0.6 is 11.3 Å². The van der Waals surface area contributed by atoms with Gasteiger partial charge in [0.05, 0.1) is 10.1 Å². The minimum absolute atomic E-state index is 0.172. The van der Waals surface area contributed by atoms with Gasteiger partial charge in [-0.15, -0.1) is 5.10 Å². The van der Waals surface area contributed by atoms with Crippen molar-refractivity contribution < 1.29 is 4.74 Å². The average Bonchev–Trinajstić information content (AvgIpc) is 3.29. The Balaban J connectivity index is 1.56. The van der Waals surface area contributed by atoms with Crippen molar-refractivity contribution in [3.8, 4) is 22.9 Å². The molecule has 5 aromatic rings. The molecule has 0 radical (unpaired) electrons. The van der Waals surface area contributed by atoms with E-state index in [0.717, 1.165) is 16.9 Å². The van der Waals surface area contributed by atoms with Crippen LogP contribution in [0.2, 0.25) is 0 Å². The quantitative estimate of drug-likeness (QED) is 0.457. The standard InChI is InChI=1S/C23H15N3O2S/c27-22-20(15-16-9-3-1-4-10-16)29-23-24-21(25-26(22)23)18-13-7-8-14-19(18)28-17-11-5-2-6-12-17/h1-15H/b20-15-. The van der Waals surface area contributed by atoms with Crippen LogP contribution in [0.4, 0.5) is 0 Å². The van der Waals surface area contributed by atoms with E-state index in [1.807, 2.05) is 91.0 Å². The topological polar surface area (TPSA) is 56.5 Å². The summed E-state index contributed by atoms with van der Waals surface area (Å²) in [6.07, 6.45) is 1.86. The Morgan fingerprint density at radius 2 is 1.55 bits per heavy atom. The monoisotopic (exact) mass is 397 g/mol. The molecule has 0 spiro atoms. The van der Waals surface area contributed by atoms with E-state index in [2.05, 4.69) is 10.1 Å². The van der Waals surface area contributed by atoms with E-state index < -0.39 is 0 Å². The van der Waals surface area contributed by atoms with Crippen molar-refractivity contribution in [2.75, 3.05) is 0 Å². The van der Waals surface area contributed by atoms with Crippen LogP contribution in [0.1, 0.15) is 5.56 Å². The second kappa shape index (κ2) is 7.33. The zero-order valence-electron chi connectivity index (χ0n) is 15.2. The molecule has 2 aromatic heterocycles. The number of ether oxygens (including phenoxy) is 1. The van der Waals surface area contributed by atoms with Gasteiger partial charge >= 0.3 is 0 Å². The first-order chi connectivity index (χ1) is 14.3. The number of nitrogens with zero attached hydrogens (tertiary/aromatic N) is 3. The van der Waals surface area contributed by atoms with Crippen LogP contribution in [0.15, 0.2) is 89.7 Å². The molecule has 0 bridgehead atoms. The van der Waals surface area contributed by atoms with Crippen molar-refractivity contribution in [2.45, 2.75) is 0 Å². The summed E-state index contributed by atoms with van der Waals surface area (Å²) in [6.45, 7) is 0. The molecule has 0 saturated carbocycles. The van der Waals surface area contributed by atoms with E-state index in [9.17, 15) is 4.79 Å². The Morgan fingerprint density at radius 3 is 2.31 bits per heavy atom. The molecule has 0 saturated heterocycles. The van der Waals surface area contributed by atoms with Gasteiger partial charge in [-0.25, -0.2) is 0 Å². The van der Waals surface area contributed by atoms with Gasteiger partial charge in [0.1, 0.15) is 11.5 Å². The molecule has 0 atom stereocenters. The molecule has 2 heterocycles. The lowest BCUT2D eigenvalue weighted by atomic mass is 10.2. The fourth-order valence-electron chi connectivity index (χ4n) is 3.00. The molecular weight excluding hydrogens is 382 g/mol. The number of fused-ring (bicyclic) bond motifs is 1. The van der Waals surface area contributed by atoms with Crippen LogP contribution in [-0.2, 0) is 0 Å². The smallest absolute Gasteiger partial charge is 0.291 e. The lowest BCUT2D eigenvalue weighted by Crippen LogP contribution is -2.23. The summed E-state index contributed by atoms with van der Waals surface area (Å²) in [6, 6.07) is 26.8. The van der Waals surface area contributed by atoms with Crippen LogP contribution in [0.5, 0.6) is 11.5 Å². The molecule has 140 valence electrons. The molecule has 0 fully saturated rings. The van der Waals surface area contributed by atoms with Gasteiger partial charge in [0.15, 0.2) is 5.82 Å². The second-order valence-corrected chi connectivity index (χ2v) is 7.38. The second-order valence-electron chi connectivity index (χ2n) is 6.37. The third kappa shape index (κ3) is 3.41. The maximum absolute atomic E-state index is 12.8. The molecule has 0 aliphatic heterocycles. The van der Waals surface area contributed by atoms with Gasteiger partial charge in [0, 0.05) is 0 Å². The molecule has 5 nitrogen and oxygen atoms in total. The molecule has 0 aliphatic rings. The van der Waals surface area contributed by atoms with Gasteiger partial charge in [0.2, 0.25) is 4.96 Å². The molecule has 6 heteroatoms. The highest BCUT2D eigenvalue weighted by atomic mass is 32.1. The van der Waals surface area contributed by atoms with Crippen molar-refractivity contribution in [3.05, 3.63) is 105 Å². The molecular formula is C23H15N3O2S. The zero-order chi connectivity index (χ0) is 19.6. The van der Waals surface area contributed by atoms with Crippen molar-refractivity contribution in [1.82, 2.24) is 14.6 Å². The predicted octanol–water partition coefficient (Wildman–Crippen LogP) is 4.16. The third-order valence-electron chi connectivity index (χ3n) is 4.38. The number of hydrogen-bond acceptors (Lipinski definition) is 5. The fourth-order valence-corrected chi connectivity index (χ4v) is 3.91. The summed E-state index contributed by atoms with van der Waals surface area (Å²) in [5.41, 5.74) is 1.53. The van der Waals surface area contributed by atoms with Crippen molar-refractivity contribution in [1.29, 1.82) is 0 Å². The maximum Gasteiger partial charge on any atom is 0.291 e. The molecule has 3 aromatic carbocycles. The number of aromatic nitrogens is 3. The van der Waals surface area contributed by atoms with E-state index >= 15 is 0 Å². The highest BCUT2D eigenvalue weighted by molar-refractivity contribution is 7.15. The van der Waals surface area contributed by atoms with Crippen LogP contribution in [0.25, 0.3) is 22.4 Å². The summed E-state index contributed by atoms with van der Waals surface area (Å²) >= 11 is 1.32. The minimum atomic E-state index is -0.172. The van der Waals surface area contributed by atoms with E-state index in [-0.39, 0.29) is 5.56 Å². The number of thiazole rings is 1. The van der Waals surface area contributed by atoms with E-state index in [1.165, 1.54) is 15.9 Å². The van der Waals surface area contributed by atoms with Crippen LogP contribution in [-0.4, -0.2) is 14.6 Å². The highest BCUT2D eigenvalue weighted by Crippen LogP contribution is 2.31. The van der Waals surface area contributed by atoms with Crippen LogP contribution in [0.3, 0.4) is 0 Å². The van der Waals surface area contributed by atoms with Crippen molar-refractivity contribution >= 4 is 22.4 Å². The van der Waals surface area contributed by atoms with E-state index in [4.69, 9.17) is 4.74 Å². The third-order valence-corrected chi connectivity index (χ3v) is 5.34. The Labute approximate surface area is 170 Å². The minimum Gasteiger partial charge on any atom is -0.457 e. The molecule has 0 N–H and O–H groups in total. The fraction of sp³-hybridized carbons (Fsp3) is 0. The molecule has 0 amide bonds. The van der Waals surface area contributed by atoms with E-state index in [0.29, 0.717) is 21.1 Å². The molecule has 5 rings (SSSR count). The van der Waals surface area contributed by atoms with Gasteiger partial charge in [-0.3, -0.25) is 4.79 Å².